The molecule has 2 aromatic heterocycles. The number of aryl methyl sites for hydroxylation is 1. The number of anilines is 1. The van der Waals surface area contributed by atoms with Crippen LogP contribution < -0.4 is 10.1 Å². The maximum absolute atomic E-state index is 12.8. The van der Waals surface area contributed by atoms with Gasteiger partial charge in [0.1, 0.15) is 11.6 Å². The number of fused-ring (bicyclic) bond motifs is 1. The van der Waals surface area contributed by atoms with Crippen molar-refractivity contribution in [1.82, 2.24) is 19.3 Å². The molecular weight excluding hydrogens is 426 g/mol. The zero-order valence-electron chi connectivity index (χ0n) is 18.0. The number of hydrogen-bond acceptors (Lipinski definition) is 6. The summed E-state index contributed by atoms with van der Waals surface area (Å²) in [4.78, 5) is 25.3. The maximum atomic E-state index is 12.8. The van der Waals surface area contributed by atoms with Crippen molar-refractivity contribution >= 4 is 40.0 Å². The fourth-order valence-corrected chi connectivity index (χ4v) is 4.26. The Labute approximate surface area is 189 Å². The molecular formula is C23H23N5O3S. The molecule has 2 heterocycles. The van der Waals surface area contributed by atoms with Crippen molar-refractivity contribution in [2.24, 2.45) is 14.1 Å². The van der Waals surface area contributed by atoms with E-state index in [0.29, 0.717) is 28.0 Å². The van der Waals surface area contributed by atoms with E-state index in [9.17, 15) is 9.59 Å². The second-order valence-electron chi connectivity index (χ2n) is 7.30. The number of nitrogens with zero attached hydrogens (tertiary/aromatic N) is 4. The third kappa shape index (κ3) is 4.52. The third-order valence-electron chi connectivity index (χ3n) is 5.13. The van der Waals surface area contributed by atoms with E-state index in [2.05, 4.69) is 15.5 Å². The molecule has 0 aliphatic rings. The van der Waals surface area contributed by atoms with Gasteiger partial charge in [-0.05, 0) is 18.2 Å². The number of ketones is 1. The Bertz CT molecular complexity index is 1290. The van der Waals surface area contributed by atoms with Crippen molar-refractivity contribution in [2.45, 2.75) is 11.6 Å². The van der Waals surface area contributed by atoms with Crippen LogP contribution in [0.15, 0.2) is 59.9 Å². The van der Waals surface area contributed by atoms with E-state index in [-0.39, 0.29) is 23.9 Å². The predicted octanol–water partition coefficient (Wildman–Crippen LogP) is 3.47. The topological polar surface area (TPSA) is 91.0 Å². The molecule has 1 N–H and O–H groups in total. The van der Waals surface area contributed by atoms with Gasteiger partial charge in [0, 0.05) is 48.5 Å². The minimum atomic E-state index is -0.211. The lowest BCUT2D eigenvalue weighted by atomic mass is 10.1. The summed E-state index contributed by atoms with van der Waals surface area (Å²) < 4.78 is 8.87. The molecule has 0 bridgehead atoms. The molecule has 0 radical (unpaired) electrons. The van der Waals surface area contributed by atoms with Crippen LogP contribution in [0, 0.1) is 0 Å². The fourth-order valence-electron chi connectivity index (χ4n) is 3.45. The zero-order chi connectivity index (χ0) is 22.7. The standard InChI is InChI=1S/C23H23N5O3S/c1-27-13-18(17-9-4-5-10-19(17)27)20(29)14-32-23-26-25-21(28(23)2)12-22(30)24-15-7-6-8-16(11-15)31-3/h4-11,13H,12,14H2,1-3H3,(H,24,30). The van der Waals surface area contributed by atoms with Crippen LogP contribution in [0.25, 0.3) is 10.9 Å². The molecule has 2 aromatic carbocycles. The molecule has 0 spiro atoms. The number of carbonyl (C=O) groups excluding carboxylic acids is 2. The first kappa shape index (κ1) is 21.6. The second-order valence-corrected chi connectivity index (χ2v) is 8.24. The van der Waals surface area contributed by atoms with Crippen LogP contribution in [-0.4, -0.2) is 43.9 Å². The van der Waals surface area contributed by atoms with E-state index < -0.39 is 0 Å². The van der Waals surface area contributed by atoms with Crippen LogP contribution in [0.2, 0.25) is 0 Å². The van der Waals surface area contributed by atoms with Crippen molar-refractivity contribution in [3.8, 4) is 5.75 Å². The van der Waals surface area contributed by atoms with Gasteiger partial charge in [-0.25, -0.2) is 0 Å². The maximum Gasteiger partial charge on any atom is 0.232 e. The van der Waals surface area contributed by atoms with Crippen LogP contribution >= 0.6 is 11.8 Å². The molecule has 32 heavy (non-hydrogen) atoms. The Balaban J connectivity index is 1.39. The molecule has 1 amide bonds. The van der Waals surface area contributed by atoms with E-state index in [1.54, 1.807) is 43.0 Å². The number of aromatic nitrogens is 4. The molecule has 9 heteroatoms. The van der Waals surface area contributed by atoms with E-state index in [0.717, 1.165) is 10.9 Å². The minimum absolute atomic E-state index is 0.0205. The molecule has 0 saturated carbocycles. The molecule has 8 nitrogen and oxygen atoms in total. The summed E-state index contributed by atoms with van der Waals surface area (Å²) in [7, 11) is 5.29. The monoisotopic (exact) mass is 449 g/mol. The Morgan fingerprint density at radius 3 is 2.72 bits per heavy atom. The largest absolute Gasteiger partial charge is 0.497 e. The molecule has 0 saturated heterocycles. The number of carbonyl (C=O) groups is 2. The van der Waals surface area contributed by atoms with Gasteiger partial charge in [0.15, 0.2) is 10.9 Å². The second kappa shape index (κ2) is 9.27. The van der Waals surface area contributed by atoms with E-state index >= 15 is 0 Å². The smallest absolute Gasteiger partial charge is 0.232 e. The van der Waals surface area contributed by atoms with Crippen LogP contribution in [0.1, 0.15) is 16.2 Å². The summed E-state index contributed by atoms with van der Waals surface area (Å²) in [5.74, 6) is 1.22. The van der Waals surface area contributed by atoms with E-state index in [1.165, 1.54) is 11.8 Å². The van der Waals surface area contributed by atoms with E-state index in [4.69, 9.17) is 4.74 Å². The Hall–Kier alpha value is -3.59. The van der Waals surface area contributed by atoms with Crippen molar-refractivity contribution in [1.29, 1.82) is 0 Å². The molecule has 0 fully saturated rings. The molecule has 0 unspecified atom stereocenters. The Morgan fingerprint density at radius 2 is 1.91 bits per heavy atom. The van der Waals surface area contributed by atoms with Gasteiger partial charge in [-0.3, -0.25) is 9.59 Å². The summed E-state index contributed by atoms with van der Waals surface area (Å²) in [5, 5.41) is 12.6. The summed E-state index contributed by atoms with van der Waals surface area (Å²) in [5.41, 5.74) is 2.35. The first-order valence-electron chi connectivity index (χ1n) is 9.98. The van der Waals surface area contributed by atoms with Gasteiger partial charge >= 0.3 is 0 Å². The highest BCUT2D eigenvalue weighted by Crippen LogP contribution is 2.24. The number of ether oxygens (including phenoxy) is 1. The average Bonchev–Trinajstić information content (AvgIpc) is 3.32. The first-order chi connectivity index (χ1) is 15.5. The van der Waals surface area contributed by atoms with Crippen molar-refractivity contribution in [2.75, 3.05) is 18.2 Å². The predicted molar refractivity (Wildman–Crippen MR) is 124 cm³/mol. The number of rotatable bonds is 8. The summed E-state index contributed by atoms with van der Waals surface area (Å²) >= 11 is 1.31. The van der Waals surface area contributed by atoms with Gasteiger partial charge in [0.25, 0.3) is 0 Å². The number of amides is 1. The molecule has 4 aromatic rings. The lowest BCUT2D eigenvalue weighted by molar-refractivity contribution is -0.115. The Morgan fingerprint density at radius 1 is 1.09 bits per heavy atom. The highest BCUT2D eigenvalue weighted by molar-refractivity contribution is 7.99. The highest BCUT2D eigenvalue weighted by Gasteiger charge is 2.17. The number of Topliss-reactive ketones (excluding diaryl/α,β-unsaturated/α-hetero) is 1. The summed E-state index contributed by atoms with van der Waals surface area (Å²) in [6.07, 6.45) is 1.93. The van der Waals surface area contributed by atoms with E-state index in [1.807, 2.05) is 42.1 Å². The lowest BCUT2D eigenvalue weighted by Crippen LogP contribution is -2.17. The van der Waals surface area contributed by atoms with Gasteiger partial charge in [-0.15, -0.1) is 10.2 Å². The van der Waals surface area contributed by atoms with Gasteiger partial charge < -0.3 is 19.2 Å². The first-order valence-corrected chi connectivity index (χ1v) is 11.0. The number of thioether (sulfide) groups is 1. The number of para-hydroxylation sites is 1. The van der Waals surface area contributed by atoms with Gasteiger partial charge in [-0.2, -0.15) is 0 Å². The number of hydrogen-bond donors (Lipinski definition) is 1. The van der Waals surface area contributed by atoms with Crippen LogP contribution in [0.3, 0.4) is 0 Å². The quantitative estimate of drug-likeness (QED) is 0.327. The molecule has 164 valence electrons. The Kier molecular flexibility index (Phi) is 6.27. The van der Waals surface area contributed by atoms with Crippen molar-refractivity contribution in [3.63, 3.8) is 0 Å². The lowest BCUT2D eigenvalue weighted by Gasteiger charge is -2.07. The fraction of sp³-hybridized carbons (Fsp3) is 0.217. The minimum Gasteiger partial charge on any atom is -0.497 e. The average molecular weight is 450 g/mol. The zero-order valence-corrected chi connectivity index (χ0v) is 18.8. The third-order valence-corrected chi connectivity index (χ3v) is 6.15. The summed E-state index contributed by atoms with van der Waals surface area (Å²) in [6.45, 7) is 0. The number of methoxy groups -OCH3 is 1. The van der Waals surface area contributed by atoms with Crippen LogP contribution in [0.5, 0.6) is 5.75 Å². The molecule has 4 rings (SSSR count). The number of nitrogens with one attached hydrogen (secondary N) is 1. The van der Waals surface area contributed by atoms with Crippen molar-refractivity contribution < 1.29 is 14.3 Å². The molecule has 0 atom stereocenters. The highest BCUT2D eigenvalue weighted by atomic mass is 32.2. The SMILES string of the molecule is COc1cccc(NC(=O)Cc2nnc(SCC(=O)c3cn(C)c4ccccc34)n2C)c1. The van der Waals surface area contributed by atoms with Gasteiger partial charge in [0.05, 0.1) is 19.3 Å². The van der Waals surface area contributed by atoms with Crippen molar-refractivity contribution in [3.05, 3.63) is 66.1 Å². The van der Waals surface area contributed by atoms with Gasteiger partial charge in [0.2, 0.25) is 5.91 Å². The molecule has 0 aliphatic heterocycles. The van der Waals surface area contributed by atoms with Crippen LogP contribution in [0.4, 0.5) is 5.69 Å². The normalized spacial score (nSPS) is 11.0. The number of benzene rings is 2. The summed E-state index contributed by atoms with van der Waals surface area (Å²) in [6, 6.07) is 15.0. The van der Waals surface area contributed by atoms with Gasteiger partial charge in [-0.1, -0.05) is 36.0 Å². The molecule has 0 aliphatic carbocycles. The van der Waals surface area contributed by atoms with Crippen LogP contribution in [-0.2, 0) is 25.3 Å².